The molecule has 1 unspecified atom stereocenters. The minimum Gasteiger partial charge on any atom is -0.494 e. The van der Waals surface area contributed by atoms with Crippen molar-refractivity contribution in [2.75, 3.05) is 0 Å². The van der Waals surface area contributed by atoms with E-state index in [1.165, 1.54) is 6.08 Å². The fourth-order valence-electron chi connectivity index (χ4n) is 2.30. The third-order valence-corrected chi connectivity index (χ3v) is 3.39. The molecule has 0 radical (unpaired) electrons. The van der Waals surface area contributed by atoms with Crippen LogP contribution in [-0.4, -0.2) is 5.11 Å². The van der Waals surface area contributed by atoms with Crippen LogP contribution in [0.1, 0.15) is 11.1 Å². The summed E-state index contributed by atoms with van der Waals surface area (Å²) in [7, 11) is 0. The number of fused-ring (bicyclic) bond motifs is 1. The van der Waals surface area contributed by atoms with Gasteiger partial charge < -0.3 is 10.4 Å². The van der Waals surface area contributed by atoms with Crippen molar-refractivity contribution < 1.29 is 9.50 Å². The molecular weight excluding hydrogens is 241 g/mol. The smallest absolute Gasteiger partial charge is 0.193 e. The van der Waals surface area contributed by atoms with Gasteiger partial charge in [-0.25, -0.2) is 4.39 Å². The molecule has 0 saturated heterocycles. The molecule has 0 bridgehead atoms. The molecule has 0 saturated carbocycles. The molecule has 19 heavy (non-hydrogen) atoms. The predicted octanol–water partition coefficient (Wildman–Crippen LogP) is 3.75. The first kappa shape index (κ1) is 11.8. The van der Waals surface area contributed by atoms with E-state index in [2.05, 4.69) is 5.32 Å². The minimum atomic E-state index is -0.498. The topological polar surface area (TPSA) is 32.3 Å². The van der Waals surface area contributed by atoms with Crippen LogP contribution in [0.25, 0.3) is 5.70 Å². The van der Waals surface area contributed by atoms with E-state index >= 15 is 0 Å². The number of aliphatic hydroxyl groups excluding tert-OH is 1. The summed E-state index contributed by atoms with van der Waals surface area (Å²) in [5, 5.41) is 12.9. The van der Waals surface area contributed by atoms with Crippen LogP contribution in [0.15, 0.2) is 65.9 Å². The van der Waals surface area contributed by atoms with Crippen LogP contribution in [0.2, 0.25) is 0 Å². The van der Waals surface area contributed by atoms with Gasteiger partial charge in [0.15, 0.2) is 5.88 Å². The van der Waals surface area contributed by atoms with E-state index in [9.17, 15) is 9.50 Å². The summed E-state index contributed by atoms with van der Waals surface area (Å²) < 4.78 is 13.8. The largest absolute Gasteiger partial charge is 0.494 e. The SMILES string of the molecule is Cc1ccc(C2=CC3C(F)=CC=CC3=C(O)N2)cc1. The molecular formula is C16H14FNO. The Morgan fingerprint density at radius 1 is 1.21 bits per heavy atom. The number of rotatable bonds is 1. The lowest BCUT2D eigenvalue weighted by atomic mass is 9.89. The Labute approximate surface area is 111 Å². The molecule has 2 nitrogen and oxygen atoms in total. The maximum atomic E-state index is 13.8. The highest BCUT2D eigenvalue weighted by atomic mass is 19.1. The summed E-state index contributed by atoms with van der Waals surface area (Å²) in [6.45, 7) is 2.01. The van der Waals surface area contributed by atoms with Gasteiger partial charge in [0.05, 0.1) is 5.92 Å². The number of aliphatic hydroxyl groups is 1. The van der Waals surface area contributed by atoms with Gasteiger partial charge in [0.2, 0.25) is 0 Å². The van der Waals surface area contributed by atoms with Crippen molar-refractivity contribution in [1.82, 2.24) is 5.32 Å². The van der Waals surface area contributed by atoms with E-state index < -0.39 is 5.92 Å². The molecule has 0 fully saturated rings. The Morgan fingerprint density at radius 2 is 1.95 bits per heavy atom. The second kappa shape index (κ2) is 4.43. The van der Waals surface area contributed by atoms with Crippen LogP contribution >= 0.6 is 0 Å². The van der Waals surface area contributed by atoms with Gasteiger partial charge in [0, 0.05) is 11.3 Å². The fraction of sp³-hybridized carbons (Fsp3) is 0.125. The van der Waals surface area contributed by atoms with Crippen LogP contribution < -0.4 is 5.32 Å². The second-order valence-corrected chi connectivity index (χ2v) is 4.76. The molecule has 2 aliphatic rings. The zero-order chi connectivity index (χ0) is 13.4. The molecule has 96 valence electrons. The number of nitrogens with one attached hydrogen (secondary N) is 1. The average Bonchev–Trinajstić information content (AvgIpc) is 2.41. The Morgan fingerprint density at radius 3 is 2.68 bits per heavy atom. The van der Waals surface area contributed by atoms with E-state index in [1.54, 1.807) is 18.2 Å². The van der Waals surface area contributed by atoms with E-state index in [0.29, 0.717) is 5.57 Å². The van der Waals surface area contributed by atoms with Crippen LogP contribution in [-0.2, 0) is 0 Å². The number of halogens is 1. The van der Waals surface area contributed by atoms with Crippen molar-refractivity contribution >= 4 is 5.70 Å². The highest BCUT2D eigenvalue weighted by Gasteiger charge is 2.26. The van der Waals surface area contributed by atoms with Crippen molar-refractivity contribution in [3.8, 4) is 0 Å². The lowest BCUT2D eigenvalue weighted by Crippen LogP contribution is -2.23. The van der Waals surface area contributed by atoms with Crippen molar-refractivity contribution in [1.29, 1.82) is 0 Å². The van der Waals surface area contributed by atoms with Crippen LogP contribution in [0.4, 0.5) is 4.39 Å². The lowest BCUT2D eigenvalue weighted by Gasteiger charge is -2.25. The Bertz CT molecular complexity index is 635. The average molecular weight is 255 g/mol. The molecule has 0 amide bonds. The first-order valence-corrected chi connectivity index (χ1v) is 6.18. The third-order valence-electron chi connectivity index (χ3n) is 3.39. The standard InChI is InChI=1S/C16H14FNO/c1-10-5-7-11(8-6-10)15-9-13-12(16(19)18-15)3-2-4-14(13)17/h2-9,13,18-19H,1H3. The third kappa shape index (κ3) is 2.08. The first-order chi connectivity index (χ1) is 9.15. The molecule has 2 N–H and O–H groups in total. The van der Waals surface area contributed by atoms with E-state index in [0.717, 1.165) is 16.8 Å². The molecule has 3 heteroatoms. The molecule has 1 atom stereocenters. The van der Waals surface area contributed by atoms with Gasteiger partial charge in [-0.05, 0) is 24.6 Å². The molecule has 1 aromatic carbocycles. The summed E-state index contributed by atoms with van der Waals surface area (Å²) in [6.07, 6.45) is 6.55. The maximum absolute atomic E-state index is 13.8. The maximum Gasteiger partial charge on any atom is 0.193 e. The van der Waals surface area contributed by atoms with E-state index in [-0.39, 0.29) is 11.7 Å². The first-order valence-electron chi connectivity index (χ1n) is 6.18. The number of aryl methyl sites for hydroxylation is 1. The van der Waals surface area contributed by atoms with Gasteiger partial charge in [-0.2, -0.15) is 0 Å². The molecule has 3 rings (SSSR count). The van der Waals surface area contributed by atoms with E-state index in [4.69, 9.17) is 0 Å². The zero-order valence-corrected chi connectivity index (χ0v) is 10.5. The molecule has 1 aromatic rings. The molecule has 1 aliphatic heterocycles. The molecule has 0 spiro atoms. The Balaban J connectivity index is 2.00. The summed E-state index contributed by atoms with van der Waals surface area (Å²) in [4.78, 5) is 0. The van der Waals surface area contributed by atoms with Crippen molar-refractivity contribution in [2.24, 2.45) is 5.92 Å². The van der Waals surface area contributed by atoms with Crippen LogP contribution in [0.5, 0.6) is 0 Å². The number of benzene rings is 1. The summed E-state index contributed by atoms with van der Waals surface area (Å²) in [5.74, 6) is -0.736. The fourth-order valence-corrected chi connectivity index (χ4v) is 2.30. The lowest BCUT2D eigenvalue weighted by molar-refractivity contribution is 0.367. The molecule has 0 aromatic heterocycles. The van der Waals surface area contributed by atoms with Crippen LogP contribution in [0, 0.1) is 12.8 Å². The highest BCUT2D eigenvalue weighted by molar-refractivity contribution is 5.69. The van der Waals surface area contributed by atoms with Gasteiger partial charge in [0.25, 0.3) is 0 Å². The second-order valence-electron chi connectivity index (χ2n) is 4.76. The Hall–Kier alpha value is -2.29. The Kier molecular flexibility index (Phi) is 2.75. The van der Waals surface area contributed by atoms with Crippen LogP contribution in [0.3, 0.4) is 0 Å². The summed E-state index contributed by atoms with van der Waals surface area (Å²) in [5.41, 5.74) is 3.38. The summed E-state index contributed by atoms with van der Waals surface area (Å²) >= 11 is 0. The predicted molar refractivity (Wildman–Crippen MR) is 73.8 cm³/mol. The normalized spacial score (nSPS) is 21.5. The number of dihydropyridines is 1. The number of hydrogen-bond donors (Lipinski definition) is 2. The van der Waals surface area contributed by atoms with Gasteiger partial charge in [-0.3, -0.25) is 0 Å². The van der Waals surface area contributed by atoms with E-state index in [1.807, 2.05) is 31.2 Å². The highest BCUT2D eigenvalue weighted by Crippen LogP contribution is 2.34. The van der Waals surface area contributed by atoms with Crippen molar-refractivity contribution in [3.63, 3.8) is 0 Å². The monoisotopic (exact) mass is 255 g/mol. The molecule has 1 heterocycles. The zero-order valence-electron chi connectivity index (χ0n) is 10.5. The van der Waals surface area contributed by atoms with Gasteiger partial charge >= 0.3 is 0 Å². The van der Waals surface area contributed by atoms with Crippen molar-refractivity contribution in [2.45, 2.75) is 6.92 Å². The van der Waals surface area contributed by atoms with Gasteiger partial charge in [-0.1, -0.05) is 42.0 Å². The van der Waals surface area contributed by atoms with Gasteiger partial charge in [-0.15, -0.1) is 0 Å². The quantitative estimate of drug-likeness (QED) is 0.801. The minimum absolute atomic E-state index is 0.0163. The summed E-state index contributed by atoms with van der Waals surface area (Å²) in [6, 6.07) is 7.88. The number of hydrogen-bond acceptors (Lipinski definition) is 2. The molecule has 1 aliphatic carbocycles. The van der Waals surface area contributed by atoms with Crippen molar-refractivity contribution in [3.05, 3.63) is 77.0 Å². The van der Waals surface area contributed by atoms with Gasteiger partial charge in [0.1, 0.15) is 5.83 Å². The number of allylic oxidation sites excluding steroid dienone is 6.